The van der Waals surface area contributed by atoms with Crippen LogP contribution in [-0.2, 0) is 4.79 Å². The monoisotopic (exact) mass is 284 g/mol. The molecule has 0 aromatic carbocycles. The predicted octanol–water partition coefficient (Wildman–Crippen LogP) is 2.56. The molecule has 20 heavy (non-hydrogen) atoms. The molecular formula is C15H28N2O3. The maximum Gasteiger partial charge on any atom is 0.317 e. The molecule has 1 saturated heterocycles. The van der Waals surface area contributed by atoms with Crippen molar-refractivity contribution in [2.75, 3.05) is 19.6 Å². The van der Waals surface area contributed by atoms with E-state index in [4.69, 9.17) is 0 Å². The number of carboxylic acid groups (broad SMARTS) is 1. The number of hydrogen-bond acceptors (Lipinski definition) is 2. The van der Waals surface area contributed by atoms with Crippen LogP contribution in [0, 0.1) is 16.7 Å². The number of nitrogens with one attached hydrogen (secondary N) is 1. The zero-order valence-electron chi connectivity index (χ0n) is 13.3. The van der Waals surface area contributed by atoms with E-state index in [9.17, 15) is 14.7 Å². The van der Waals surface area contributed by atoms with Crippen LogP contribution in [-0.4, -0.2) is 41.6 Å². The summed E-state index contributed by atoms with van der Waals surface area (Å²) in [5.74, 6) is -0.773. The van der Waals surface area contributed by atoms with E-state index in [1.807, 2.05) is 13.8 Å². The van der Waals surface area contributed by atoms with Crippen molar-refractivity contribution in [2.45, 2.75) is 47.5 Å². The van der Waals surface area contributed by atoms with E-state index < -0.39 is 11.4 Å². The fourth-order valence-corrected chi connectivity index (χ4v) is 2.56. The summed E-state index contributed by atoms with van der Waals surface area (Å²) in [5, 5.41) is 12.3. The van der Waals surface area contributed by atoms with E-state index in [2.05, 4.69) is 26.1 Å². The number of urea groups is 1. The molecule has 0 aliphatic carbocycles. The molecule has 2 N–H and O–H groups in total. The molecule has 1 rings (SSSR count). The van der Waals surface area contributed by atoms with Crippen molar-refractivity contribution in [3.05, 3.63) is 0 Å². The van der Waals surface area contributed by atoms with E-state index in [0.29, 0.717) is 26.1 Å². The summed E-state index contributed by atoms with van der Waals surface area (Å²) in [5.41, 5.74) is -0.609. The Bertz CT molecular complexity index is 374. The average Bonchev–Trinajstić information content (AvgIpc) is 2.73. The van der Waals surface area contributed by atoms with Crippen molar-refractivity contribution in [3.8, 4) is 0 Å². The largest absolute Gasteiger partial charge is 0.481 e. The third-order valence-electron chi connectivity index (χ3n) is 4.27. The number of likely N-dealkylation sites (tertiary alicyclic amines) is 1. The molecule has 1 heterocycles. The van der Waals surface area contributed by atoms with Crippen LogP contribution >= 0.6 is 0 Å². The first kappa shape index (κ1) is 16.8. The van der Waals surface area contributed by atoms with Crippen molar-refractivity contribution < 1.29 is 14.7 Å². The van der Waals surface area contributed by atoms with Crippen LogP contribution in [0.25, 0.3) is 0 Å². The minimum Gasteiger partial charge on any atom is -0.481 e. The maximum absolute atomic E-state index is 12.1. The second kappa shape index (κ2) is 6.02. The van der Waals surface area contributed by atoms with Crippen LogP contribution in [0.15, 0.2) is 0 Å². The normalized spacial score (nSPS) is 23.2. The number of amides is 2. The molecule has 0 saturated carbocycles. The van der Waals surface area contributed by atoms with Crippen LogP contribution in [0.2, 0.25) is 0 Å². The van der Waals surface area contributed by atoms with Gasteiger partial charge >= 0.3 is 12.0 Å². The van der Waals surface area contributed by atoms with Gasteiger partial charge in [0.05, 0.1) is 5.41 Å². The van der Waals surface area contributed by atoms with Crippen molar-refractivity contribution >= 4 is 12.0 Å². The van der Waals surface area contributed by atoms with Crippen molar-refractivity contribution in [1.29, 1.82) is 0 Å². The molecule has 1 aliphatic rings. The number of carbonyl (C=O) groups excluding carboxylic acids is 1. The summed E-state index contributed by atoms with van der Waals surface area (Å²) >= 11 is 0. The number of hydrogen-bond donors (Lipinski definition) is 2. The molecule has 5 heteroatoms. The molecule has 1 aliphatic heterocycles. The highest BCUT2D eigenvalue weighted by Gasteiger charge is 2.48. The molecule has 1 fully saturated rings. The van der Waals surface area contributed by atoms with Gasteiger partial charge in [-0.05, 0) is 24.2 Å². The lowest BCUT2D eigenvalue weighted by Gasteiger charge is -2.28. The van der Waals surface area contributed by atoms with Crippen LogP contribution in [0.5, 0.6) is 0 Å². The Morgan fingerprint density at radius 2 is 1.95 bits per heavy atom. The lowest BCUT2D eigenvalue weighted by Crippen LogP contribution is -2.44. The van der Waals surface area contributed by atoms with Gasteiger partial charge in [0.15, 0.2) is 0 Å². The van der Waals surface area contributed by atoms with Gasteiger partial charge in [-0.1, -0.05) is 34.6 Å². The van der Waals surface area contributed by atoms with Crippen molar-refractivity contribution in [3.63, 3.8) is 0 Å². The zero-order chi connectivity index (χ0) is 15.6. The Labute approximate surface area is 121 Å². The number of aliphatic carboxylic acids is 1. The fraction of sp³-hybridized carbons (Fsp3) is 0.867. The van der Waals surface area contributed by atoms with Gasteiger partial charge < -0.3 is 15.3 Å². The third kappa shape index (κ3) is 3.87. The standard InChI is InChI=1S/C15H28N2O3/c1-11(2)15(12(18)19)7-9-17(10-15)13(20)16-8-6-14(3,4)5/h11H,6-10H2,1-5H3,(H,16,20)(H,18,19). The number of nitrogens with zero attached hydrogens (tertiary/aromatic N) is 1. The van der Waals surface area contributed by atoms with Gasteiger partial charge in [-0.2, -0.15) is 0 Å². The zero-order valence-corrected chi connectivity index (χ0v) is 13.3. The minimum absolute atomic E-state index is 0.0207. The highest BCUT2D eigenvalue weighted by atomic mass is 16.4. The van der Waals surface area contributed by atoms with Crippen molar-refractivity contribution in [2.24, 2.45) is 16.7 Å². The second-order valence-electron chi connectivity index (χ2n) is 7.33. The highest BCUT2D eigenvalue weighted by Crippen LogP contribution is 2.38. The van der Waals surface area contributed by atoms with E-state index in [1.165, 1.54) is 0 Å². The van der Waals surface area contributed by atoms with Gasteiger partial charge in [0, 0.05) is 19.6 Å². The van der Waals surface area contributed by atoms with E-state index in [-0.39, 0.29) is 17.4 Å². The molecule has 0 radical (unpaired) electrons. The summed E-state index contributed by atoms with van der Waals surface area (Å²) in [6.45, 7) is 11.7. The molecule has 0 aromatic rings. The Balaban J connectivity index is 2.55. The summed E-state index contributed by atoms with van der Waals surface area (Å²) < 4.78 is 0. The topological polar surface area (TPSA) is 69.6 Å². The third-order valence-corrected chi connectivity index (χ3v) is 4.27. The summed E-state index contributed by atoms with van der Waals surface area (Å²) in [7, 11) is 0. The first-order valence-electron chi connectivity index (χ1n) is 7.35. The maximum atomic E-state index is 12.1. The molecule has 5 nitrogen and oxygen atoms in total. The molecule has 1 unspecified atom stereocenters. The number of carboxylic acids is 1. The van der Waals surface area contributed by atoms with Gasteiger partial charge in [-0.25, -0.2) is 4.79 Å². The van der Waals surface area contributed by atoms with Gasteiger partial charge in [-0.15, -0.1) is 0 Å². The second-order valence-corrected chi connectivity index (χ2v) is 7.33. The van der Waals surface area contributed by atoms with Gasteiger partial charge in [0.1, 0.15) is 0 Å². The molecule has 116 valence electrons. The quantitative estimate of drug-likeness (QED) is 0.833. The van der Waals surface area contributed by atoms with Gasteiger partial charge in [-0.3, -0.25) is 4.79 Å². The molecule has 1 atom stereocenters. The van der Waals surface area contributed by atoms with E-state index >= 15 is 0 Å². The minimum atomic E-state index is -0.794. The SMILES string of the molecule is CC(C)C1(C(=O)O)CCN(C(=O)NCCC(C)(C)C)C1. The number of carbonyl (C=O) groups is 2. The summed E-state index contributed by atoms with van der Waals surface area (Å²) in [6.07, 6.45) is 1.44. The van der Waals surface area contributed by atoms with Crippen LogP contribution in [0.1, 0.15) is 47.5 Å². The Morgan fingerprint density at radius 3 is 2.35 bits per heavy atom. The lowest BCUT2D eigenvalue weighted by molar-refractivity contribution is -0.150. The van der Waals surface area contributed by atoms with Crippen LogP contribution in [0.4, 0.5) is 4.79 Å². The summed E-state index contributed by atoms with van der Waals surface area (Å²) in [6, 6.07) is -0.141. The highest BCUT2D eigenvalue weighted by molar-refractivity contribution is 5.80. The van der Waals surface area contributed by atoms with Gasteiger partial charge in [0.2, 0.25) is 0 Å². The Kier molecular flexibility index (Phi) is 5.05. The first-order chi connectivity index (χ1) is 9.08. The Morgan fingerprint density at radius 1 is 1.35 bits per heavy atom. The molecule has 0 spiro atoms. The summed E-state index contributed by atoms with van der Waals surface area (Å²) in [4.78, 5) is 25.2. The molecular weight excluding hydrogens is 256 g/mol. The van der Waals surface area contributed by atoms with E-state index in [1.54, 1.807) is 4.90 Å². The van der Waals surface area contributed by atoms with Crippen molar-refractivity contribution in [1.82, 2.24) is 10.2 Å². The fourth-order valence-electron chi connectivity index (χ4n) is 2.56. The lowest BCUT2D eigenvalue weighted by atomic mass is 9.76. The predicted molar refractivity (Wildman–Crippen MR) is 78.6 cm³/mol. The molecule has 0 bridgehead atoms. The van der Waals surface area contributed by atoms with E-state index in [0.717, 1.165) is 6.42 Å². The molecule has 2 amide bonds. The number of rotatable bonds is 4. The Hall–Kier alpha value is -1.26. The molecule has 0 aromatic heterocycles. The van der Waals surface area contributed by atoms with Gasteiger partial charge in [0.25, 0.3) is 0 Å². The average molecular weight is 284 g/mol. The van der Waals surface area contributed by atoms with Crippen LogP contribution < -0.4 is 5.32 Å². The first-order valence-corrected chi connectivity index (χ1v) is 7.35. The van der Waals surface area contributed by atoms with Crippen LogP contribution in [0.3, 0.4) is 0 Å². The smallest absolute Gasteiger partial charge is 0.317 e.